The lowest BCUT2D eigenvalue weighted by molar-refractivity contribution is 0.571. The number of pyridine rings is 1. The molecule has 0 aliphatic carbocycles. The molecule has 2 nitrogen and oxygen atoms in total. The van der Waals surface area contributed by atoms with Crippen LogP contribution in [0.3, 0.4) is 0 Å². The Kier molecular flexibility index (Phi) is 1.56. The van der Waals surface area contributed by atoms with Gasteiger partial charge >= 0.3 is 0 Å². The second-order valence-electron chi connectivity index (χ2n) is 2.18. The van der Waals surface area contributed by atoms with Gasteiger partial charge in [0.25, 0.3) is 0 Å². The maximum Gasteiger partial charge on any atom is 0.233 e. The standard InChI is InChI=1S/C7H4FIN2/c8-7-4-6-3-5(9)1-2-11(6)10-7/h1-4H. The van der Waals surface area contributed by atoms with E-state index in [4.69, 9.17) is 0 Å². The highest BCUT2D eigenvalue weighted by atomic mass is 127. The molecule has 11 heavy (non-hydrogen) atoms. The van der Waals surface area contributed by atoms with E-state index < -0.39 is 5.95 Å². The minimum absolute atomic E-state index is 0.438. The van der Waals surface area contributed by atoms with Crippen LogP contribution in [0.15, 0.2) is 24.4 Å². The predicted octanol–water partition coefficient (Wildman–Crippen LogP) is 2.08. The molecule has 0 radical (unpaired) electrons. The smallest absolute Gasteiger partial charge is 0.233 e. The first-order chi connectivity index (χ1) is 5.25. The van der Waals surface area contributed by atoms with Crippen LogP contribution < -0.4 is 0 Å². The quantitative estimate of drug-likeness (QED) is 0.664. The number of hydrogen-bond acceptors (Lipinski definition) is 1. The Morgan fingerprint density at radius 2 is 2.27 bits per heavy atom. The van der Waals surface area contributed by atoms with Crippen molar-refractivity contribution in [1.29, 1.82) is 0 Å². The Bertz CT molecular complexity index is 396. The van der Waals surface area contributed by atoms with Gasteiger partial charge in [-0.15, -0.1) is 5.10 Å². The summed E-state index contributed by atoms with van der Waals surface area (Å²) in [6, 6.07) is 5.15. The number of hydrogen-bond donors (Lipinski definition) is 0. The van der Waals surface area contributed by atoms with Crippen molar-refractivity contribution in [3.63, 3.8) is 0 Å². The van der Waals surface area contributed by atoms with Gasteiger partial charge in [0.15, 0.2) is 0 Å². The first-order valence-electron chi connectivity index (χ1n) is 3.06. The highest BCUT2D eigenvalue weighted by molar-refractivity contribution is 14.1. The van der Waals surface area contributed by atoms with E-state index >= 15 is 0 Å². The van der Waals surface area contributed by atoms with Crippen LogP contribution in [0.1, 0.15) is 0 Å². The van der Waals surface area contributed by atoms with Crippen LogP contribution in [0.25, 0.3) is 5.52 Å². The summed E-state index contributed by atoms with van der Waals surface area (Å²) in [7, 11) is 0. The first-order valence-corrected chi connectivity index (χ1v) is 4.14. The summed E-state index contributed by atoms with van der Waals surface area (Å²) < 4.78 is 15.1. The highest BCUT2D eigenvalue weighted by Crippen LogP contribution is 2.09. The number of fused-ring (bicyclic) bond motifs is 1. The maximum absolute atomic E-state index is 12.5. The van der Waals surface area contributed by atoms with E-state index in [9.17, 15) is 4.39 Å². The molecule has 2 aromatic rings. The molecule has 0 amide bonds. The van der Waals surface area contributed by atoms with Gasteiger partial charge in [-0.3, -0.25) is 0 Å². The molecule has 0 aliphatic rings. The molecule has 0 unspecified atom stereocenters. The SMILES string of the molecule is Fc1cc2cc(I)ccn2n1. The Balaban J connectivity index is 2.82. The minimum Gasteiger partial charge on any atom is -0.238 e. The summed E-state index contributed by atoms with van der Waals surface area (Å²) in [5.41, 5.74) is 0.786. The van der Waals surface area contributed by atoms with Gasteiger partial charge in [0, 0.05) is 15.8 Å². The van der Waals surface area contributed by atoms with Crippen LogP contribution in [-0.4, -0.2) is 9.61 Å². The van der Waals surface area contributed by atoms with Crippen LogP contribution in [0.5, 0.6) is 0 Å². The molecular formula is C7H4FIN2. The number of aromatic nitrogens is 2. The van der Waals surface area contributed by atoms with Gasteiger partial charge in [-0.05, 0) is 34.7 Å². The van der Waals surface area contributed by atoms with Crippen LogP contribution in [0.2, 0.25) is 0 Å². The fraction of sp³-hybridized carbons (Fsp3) is 0. The molecule has 0 saturated heterocycles. The van der Waals surface area contributed by atoms with E-state index in [-0.39, 0.29) is 0 Å². The third kappa shape index (κ3) is 1.22. The average molecular weight is 262 g/mol. The van der Waals surface area contributed by atoms with E-state index in [0.29, 0.717) is 0 Å². The summed E-state index contributed by atoms with van der Waals surface area (Å²) >= 11 is 2.17. The van der Waals surface area contributed by atoms with Gasteiger partial charge in [0.1, 0.15) is 0 Å². The van der Waals surface area contributed by atoms with Crippen molar-refractivity contribution in [3.05, 3.63) is 33.9 Å². The summed E-state index contributed by atoms with van der Waals surface area (Å²) in [6.07, 6.45) is 1.74. The molecule has 0 bridgehead atoms. The zero-order chi connectivity index (χ0) is 7.84. The molecule has 0 N–H and O–H groups in total. The lowest BCUT2D eigenvalue weighted by Crippen LogP contribution is -1.85. The third-order valence-corrected chi connectivity index (χ3v) is 2.07. The minimum atomic E-state index is -0.438. The second-order valence-corrected chi connectivity index (χ2v) is 3.43. The van der Waals surface area contributed by atoms with Crippen molar-refractivity contribution in [3.8, 4) is 0 Å². The van der Waals surface area contributed by atoms with E-state index in [2.05, 4.69) is 27.7 Å². The molecule has 2 aromatic heterocycles. The summed E-state index contributed by atoms with van der Waals surface area (Å²) in [5, 5.41) is 3.60. The summed E-state index contributed by atoms with van der Waals surface area (Å²) in [5.74, 6) is -0.438. The molecule has 0 aromatic carbocycles. The second kappa shape index (κ2) is 2.44. The molecule has 56 valence electrons. The topological polar surface area (TPSA) is 17.3 Å². The molecule has 0 aliphatic heterocycles. The highest BCUT2D eigenvalue weighted by Gasteiger charge is 1.98. The van der Waals surface area contributed by atoms with E-state index in [1.807, 2.05) is 12.1 Å². The van der Waals surface area contributed by atoms with E-state index in [1.54, 1.807) is 6.20 Å². The molecule has 4 heteroatoms. The molecule has 2 rings (SSSR count). The number of rotatable bonds is 0. The zero-order valence-electron chi connectivity index (χ0n) is 5.46. The Morgan fingerprint density at radius 1 is 1.45 bits per heavy atom. The first kappa shape index (κ1) is 7.02. The van der Waals surface area contributed by atoms with Crippen LogP contribution in [0, 0.1) is 9.52 Å². The molecule has 0 atom stereocenters. The third-order valence-electron chi connectivity index (χ3n) is 1.40. The average Bonchev–Trinajstić information content (AvgIpc) is 2.27. The van der Waals surface area contributed by atoms with E-state index in [0.717, 1.165) is 9.09 Å². The largest absolute Gasteiger partial charge is 0.238 e. The lowest BCUT2D eigenvalue weighted by Gasteiger charge is -1.90. The molecular weight excluding hydrogens is 258 g/mol. The lowest BCUT2D eigenvalue weighted by atomic mass is 10.4. The Hall–Kier alpha value is -0.650. The Labute approximate surface area is 76.2 Å². The normalized spacial score (nSPS) is 10.7. The van der Waals surface area contributed by atoms with Crippen molar-refractivity contribution < 1.29 is 4.39 Å². The number of nitrogens with zero attached hydrogens (tertiary/aromatic N) is 2. The van der Waals surface area contributed by atoms with Crippen molar-refractivity contribution in [2.75, 3.05) is 0 Å². The van der Waals surface area contributed by atoms with E-state index in [1.165, 1.54) is 10.6 Å². The molecule has 2 heterocycles. The van der Waals surface area contributed by atoms with Crippen molar-refractivity contribution >= 4 is 28.1 Å². The van der Waals surface area contributed by atoms with Gasteiger partial charge in [-0.25, -0.2) is 4.52 Å². The number of halogens is 2. The van der Waals surface area contributed by atoms with Crippen molar-refractivity contribution in [1.82, 2.24) is 9.61 Å². The molecule has 0 spiro atoms. The van der Waals surface area contributed by atoms with Gasteiger partial charge in [0.05, 0.1) is 5.52 Å². The fourth-order valence-electron chi connectivity index (χ4n) is 0.936. The van der Waals surface area contributed by atoms with Gasteiger partial charge in [-0.1, -0.05) is 0 Å². The monoisotopic (exact) mass is 262 g/mol. The van der Waals surface area contributed by atoms with Gasteiger partial charge in [-0.2, -0.15) is 4.39 Å². The van der Waals surface area contributed by atoms with Crippen LogP contribution >= 0.6 is 22.6 Å². The van der Waals surface area contributed by atoms with Gasteiger partial charge < -0.3 is 0 Å². The van der Waals surface area contributed by atoms with Crippen LogP contribution in [0.4, 0.5) is 4.39 Å². The molecule has 0 fully saturated rings. The predicted molar refractivity (Wildman–Crippen MR) is 47.9 cm³/mol. The fourth-order valence-corrected chi connectivity index (χ4v) is 1.42. The van der Waals surface area contributed by atoms with Gasteiger partial charge in [0.2, 0.25) is 5.95 Å². The van der Waals surface area contributed by atoms with Crippen molar-refractivity contribution in [2.24, 2.45) is 0 Å². The Morgan fingerprint density at radius 3 is 3.09 bits per heavy atom. The zero-order valence-corrected chi connectivity index (χ0v) is 7.62. The summed E-state index contributed by atoms with van der Waals surface area (Å²) in [4.78, 5) is 0. The summed E-state index contributed by atoms with van der Waals surface area (Å²) in [6.45, 7) is 0. The molecule has 0 saturated carbocycles. The van der Waals surface area contributed by atoms with Crippen molar-refractivity contribution in [2.45, 2.75) is 0 Å². The maximum atomic E-state index is 12.5. The van der Waals surface area contributed by atoms with Crippen LogP contribution in [-0.2, 0) is 0 Å².